The van der Waals surface area contributed by atoms with Crippen molar-refractivity contribution in [2.75, 3.05) is 6.54 Å². The molecule has 1 aromatic heterocycles. The molecule has 0 saturated carbocycles. The second-order valence-electron chi connectivity index (χ2n) is 5.06. The molecule has 1 heterocycles. The molecule has 114 valence electrons. The summed E-state index contributed by atoms with van der Waals surface area (Å²) < 4.78 is 2.87. The monoisotopic (exact) mass is 371 g/mol. The van der Waals surface area contributed by atoms with E-state index in [1.54, 1.807) is 0 Å². The summed E-state index contributed by atoms with van der Waals surface area (Å²) in [6.45, 7) is 6.44. The third-order valence-electron chi connectivity index (χ3n) is 3.35. The highest BCUT2D eigenvalue weighted by molar-refractivity contribution is 9.10. The van der Waals surface area contributed by atoms with Crippen LogP contribution in [0, 0.1) is 0 Å². The van der Waals surface area contributed by atoms with E-state index in [2.05, 4.69) is 26.2 Å². The van der Waals surface area contributed by atoms with Crippen LogP contribution in [0.25, 0.3) is 11.0 Å². The molecule has 0 aliphatic heterocycles. The molecule has 0 spiro atoms. The predicted molar refractivity (Wildman–Crippen MR) is 89.7 cm³/mol. The number of imidazole rings is 1. The zero-order chi connectivity index (χ0) is 15.6. The summed E-state index contributed by atoms with van der Waals surface area (Å²) in [5.41, 5.74) is 1.75. The van der Waals surface area contributed by atoms with Crippen molar-refractivity contribution in [1.29, 1.82) is 0 Å². The Hall–Kier alpha value is -1.07. The molecule has 1 amide bonds. The zero-order valence-corrected chi connectivity index (χ0v) is 14.7. The van der Waals surface area contributed by atoms with Crippen LogP contribution >= 0.6 is 27.5 Å². The lowest BCUT2D eigenvalue weighted by Crippen LogP contribution is -2.32. The van der Waals surface area contributed by atoms with Gasteiger partial charge in [-0.2, -0.15) is 0 Å². The average molecular weight is 373 g/mol. The largest absolute Gasteiger partial charge is 0.354 e. The average Bonchev–Trinajstić information content (AvgIpc) is 2.82. The number of rotatable bonds is 5. The maximum Gasteiger partial charge on any atom is 0.242 e. The van der Waals surface area contributed by atoms with Crippen LogP contribution < -0.4 is 5.32 Å². The van der Waals surface area contributed by atoms with E-state index in [0.717, 1.165) is 21.9 Å². The maximum atomic E-state index is 12.3. The minimum Gasteiger partial charge on any atom is -0.354 e. The molecule has 1 N–H and O–H groups in total. The Morgan fingerprint density at radius 2 is 2.19 bits per heavy atom. The Kier molecular flexibility index (Phi) is 5.27. The molecule has 0 aliphatic carbocycles. The van der Waals surface area contributed by atoms with Crippen molar-refractivity contribution in [3.63, 3.8) is 0 Å². The molecule has 4 nitrogen and oxygen atoms in total. The standard InChI is InChI=1S/C15H19BrClN3O/c1-4-7-18-15(21)10(3)20-13-8-11(16)5-6-12(13)19-14(20)9(2)17/h5-6,8-10H,4,7H2,1-3H3,(H,18,21). The second kappa shape index (κ2) is 6.79. The summed E-state index contributed by atoms with van der Waals surface area (Å²) in [7, 11) is 0. The van der Waals surface area contributed by atoms with Gasteiger partial charge in [-0.3, -0.25) is 4.79 Å². The lowest BCUT2D eigenvalue weighted by molar-refractivity contribution is -0.123. The van der Waals surface area contributed by atoms with Crippen LogP contribution in [0.3, 0.4) is 0 Å². The number of halogens is 2. The fourth-order valence-electron chi connectivity index (χ4n) is 2.29. The van der Waals surface area contributed by atoms with E-state index in [1.807, 2.05) is 43.5 Å². The molecule has 2 aromatic rings. The van der Waals surface area contributed by atoms with E-state index in [-0.39, 0.29) is 17.3 Å². The topological polar surface area (TPSA) is 46.9 Å². The normalized spacial score (nSPS) is 14.1. The first kappa shape index (κ1) is 16.3. The molecule has 21 heavy (non-hydrogen) atoms. The summed E-state index contributed by atoms with van der Waals surface area (Å²) in [4.78, 5) is 16.9. The molecule has 2 rings (SSSR count). The van der Waals surface area contributed by atoms with Gasteiger partial charge in [0.1, 0.15) is 11.9 Å². The SMILES string of the molecule is CCCNC(=O)C(C)n1c(C(C)Cl)nc2ccc(Br)cc21. The smallest absolute Gasteiger partial charge is 0.242 e. The summed E-state index contributed by atoms with van der Waals surface area (Å²) in [5, 5.41) is 2.66. The highest BCUT2D eigenvalue weighted by atomic mass is 79.9. The highest BCUT2D eigenvalue weighted by Gasteiger charge is 2.23. The van der Waals surface area contributed by atoms with Crippen molar-refractivity contribution >= 4 is 44.5 Å². The first-order valence-corrected chi connectivity index (χ1v) is 8.27. The fraction of sp³-hybridized carbons (Fsp3) is 0.467. The number of aromatic nitrogens is 2. The summed E-state index contributed by atoms with van der Waals surface area (Å²) >= 11 is 9.71. The first-order chi connectivity index (χ1) is 9.95. The van der Waals surface area contributed by atoms with Gasteiger partial charge in [-0.25, -0.2) is 4.98 Å². The van der Waals surface area contributed by atoms with Crippen LogP contribution in [-0.4, -0.2) is 22.0 Å². The van der Waals surface area contributed by atoms with Crippen molar-refractivity contribution in [1.82, 2.24) is 14.9 Å². The number of amides is 1. The number of alkyl halides is 1. The number of nitrogens with zero attached hydrogens (tertiary/aromatic N) is 2. The van der Waals surface area contributed by atoms with Crippen LogP contribution in [-0.2, 0) is 4.79 Å². The Morgan fingerprint density at radius 3 is 2.81 bits per heavy atom. The van der Waals surface area contributed by atoms with Gasteiger partial charge >= 0.3 is 0 Å². The fourth-order valence-corrected chi connectivity index (χ4v) is 2.79. The van der Waals surface area contributed by atoms with E-state index < -0.39 is 0 Å². The molecule has 2 unspecified atom stereocenters. The van der Waals surface area contributed by atoms with E-state index in [1.165, 1.54) is 0 Å². The Labute approximate surface area is 138 Å². The molecule has 0 saturated heterocycles. The van der Waals surface area contributed by atoms with Crippen molar-refractivity contribution < 1.29 is 4.79 Å². The molecule has 2 atom stereocenters. The van der Waals surface area contributed by atoms with Gasteiger partial charge in [-0.15, -0.1) is 11.6 Å². The van der Waals surface area contributed by atoms with Crippen molar-refractivity contribution in [2.24, 2.45) is 0 Å². The minimum absolute atomic E-state index is 0.0188. The van der Waals surface area contributed by atoms with Crippen LogP contribution in [0.1, 0.15) is 44.4 Å². The number of hydrogen-bond donors (Lipinski definition) is 1. The number of benzene rings is 1. The number of carbonyl (C=O) groups is 1. The summed E-state index contributed by atoms with van der Waals surface area (Å²) in [6.07, 6.45) is 0.910. The zero-order valence-electron chi connectivity index (χ0n) is 12.4. The van der Waals surface area contributed by atoms with Gasteiger partial charge in [0, 0.05) is 11.0 Å². The van der Waals surface area contributed by atoms with E-state index in [9.17, 15) is 4.79 Å². The second-order valence-corrected chi connectivity index (χ2v) is 6.63. The molecule has 0 radical (unpaired) electrons. The molecule has 0 aliphatic rings. The Morgan fingerprint density at radius 1 is 1.48 bits per heavy atom. The van der Waals surface area contributed by atoms with Gasteiger partial charge in [-0.05, 0) is 38.5 Å². The highest BCUT2D eigenvalue weighted by Crippen LogP contribution is 2.29. The van der Waals surface area contributed by atoms with Crippen molar-refractivity contribution in [2.45, 2.75) is 38.6 Å². The molecule has 0 bridgehead atoms. The van der Waals surface area contributed by atoms with Crippen LogP contribution in [0.5, 0.6) is 0 Å². The van der Waals surface area contributed by atoms with E-state index in [0.29, 0.717) is 12.4 Å². The number of nitrogens with one attached hydrogen (secondary N) is 1. The van der Waals surface area contributed by atoms with Gasteiger partial charge < -0.3 is 9.88 Å². The number of hydrogen-bond acceptors (Lipinski definition) is 2. The lowest BCUT2D eigenvalue weighted by atomic mass is 10.2. The third-order valence-corrected chi connectivity index (χ3v) is 4.04. The summed E-state index contributed by atoms with van der Waals surface area (Å²) in [5.74, 6) is 0.693. The molecule has 6 heteroatoms. The van der Waals surface area contributed by atoms with Gasteiger partial charge in [0.05, 0.1) is 16.4 Å². The van der Waals surface area contributed by atoms with Crippen molar-refractivity contribution in [3.05, 3.63) is 28.5 Å². The molecular formula is C15H19BrClN3O. The van der Waals surface area contributed by atoms with Crippen LogP contribution in [0.2, 0.25) is 0 Å². The minimum atomic E-state index is -0.355. The molecule has 0 fully saturated rings. The summed E-state index contributed by atoms with van der Waals surface area (Å²) in [6, 6.07) is 5.47. The van der Waals surface area contributed by atoms with Gasteiger partial charge in [-0.1, -0.05) is 22.9 Å². The number of fused-ring (bicyclic) bond motifs is 1. The predicted octanol–water partition coefficient (Wildman–Crippen LogP) is 4.19. The van der Waals surface area contributed by atoms with Crippen molar-refractivity contribution in [3.8, 4) is 0 Å². The van der Waals surface area contributed by atoms with Gasteiger partial charge in [0.2, 0.25) is 5.91 Å². The number of carbonyl (C=O) groups excluding carboxylic acids is 1. The van der Waals surface area contributed by atoms with E-state index in [4.69, 9.17) is 11.6 Å². The Bertz CT molecular complexity index is 654. The Balaban J connectivity index is 2.51. The van der Waals surface area contributed by atoms with Crippen LogP contribution in [0.4, 0.5) is 0 Å². The molecule has 1 aromatic carbocycles. The van der Waals surface area contributed by atoms with Gasteiger partial charge in [0.25, 0.3) is 0 Å². The first-order valence-electron chi connectivity index (χ1n) is 7.04. The lowest BCUT2D eigenvalue weighted by Gasteiger charge is -2.18. The van der Waals surface area contributed by atoms with E-state index >= 15 is 0 Å². The quantitative estimate of drug-likeness (QED) is 0.800. The maximum absolute atomic E-state index is 12.3. The molecular weight excluding hydrogens is 354 g/mol. The van der Waals surface area contributed by atoms with Gasteiger partial charge in [0.15, 0.2) is 0 Å². The third kappa shape index (κ3) is 3.40. The van der Waals surface area contributed by atoms with Crippen LogP contribution in [0.15, 0.2) is 22.7 Å².